The lowest BCUT2D eigenvalue weighted by Crippen LogP contribution is -2.44. The third-order valence-electron chi connectivity index (χ3n) is 5.73. The number of nitrogens with zero attached hydrogens (tertiary/aromatic N) is 4. The average molecular weight is 360 g/mol. The van der Waals surface area contributed by atoms with E-state index in [1.165, 1.54) is 22.4 Å². The zero-order valence-corrected chi connectivity index (χ0v) is 15.6. The first-order valence-electron chi connectivity index (χ1n) is 9.57. The van der Waals surface area contributed by atoms with E-state index in [0.29, 0.717) is 6.61 Å². The van der Waals surface area contributed by atoms with Crippen LogP contribution in [-0.4, -0.2) is 38.1 Å². The fraction of sp³-hybridized carbons (Fsp3) is 0.364. The van der Waals surface area contributed by atoms with Gasteiger partial charge in [-0.3, -0.25) is 9.88 Å². The molecule has 4 heterocycles. The number of likely N-dealkylation sites (tertiary alicyclic amines) is 1. The van der Waals surface area contributed by atoms with Crippen LogP contribution in [0.5, 0.6) is 0 Å². The summed E-state index contributed by atoms with van der Waals surface area (Å²) in [7, 11) is 0. The van der Waals surface area contributed by atoms with E-state index in [4.69, 9.17) is 4.74 Å². The summed E-state index contributed by atoms with van der Waals surface area (Å²) in [6.45, 7) is 6.53. The van der Waals surface area contributed by atoms with Gasteiger partial charge >= 0.3 is 0 Å². The number of hydrogen-bond acceptors (Lipinski definition) is 4. The van der Waals surface area contributed by atoms with E-state index in [0.717, 1.165) is 38.4 Å². The Balaban J connectivity index is 1.37. The van der Waals surface area contributed by atoms with Gasteiger partial charge in [0.15, 0.2) is 0 Å². The molecule has 1 saturated heterocycles. The van der Waals surface area contributed by atoms with Crippen molar-refractivity contribution < 1.29 is 4.74 Å². The molecule has 5 rings (SSSR count). The van der Waals surface area contributed by atoms with Crippen molar-refractivity contribution in [3.8, 4) is 11.3 Å². The molecule has 138 valence electrons. The van der Waals surface area contributed by atoms with Crippen LogP contribution in [0.3, 0.4) is 0 Å². The first-order valence-corrected chi connectivity index (χ1v) is 9.57. The van der Waals surface area contributed by atoms with Gasteiger partial charge in [-0.2, -0.15) is 0 Å². The van der Waals surface area contributed by atoms with Crippen LogP contribution in [0, 0.1) is 6.92 Å². The van der Waals surface area contributed by atoms with Crippen molar-refractivity contribution >= 4 is 0 Å². The van der Waals surface area contributed by atoms with E-state index >= 15 is 0 Å². The number of ether oxygens (including phenoxy) is 1. The summed E-state index contributed by atoms with van der Waals surface area (Å²) in [5, 5.41) is 0. The van der Waals surface area contributed by atoms with Gasteiger partial charge in [0.1, 0.15) is 18.0 Å². The van der Waals surface area contributed by atoms with Gasteiger partial charge in [-0.1, -0.05) is 29.8 Å². The molecule has 5 heteroatoms. The third kappa shape index (κ3) is 3.17. The molecule has 1 aromatic carbocycles. The molecule has 3 aromatic rings. The molecule has 2 aliphatic heterocycles. The second-order valence-electron chi connectivity index (χ2n) is 7.81. The monoisotopic (exact) mass is 360 g/mol. The summed E-state index contributed by atoms with van der Waals surface area (Å²) in [5.41, 5.74) is 4.84. The molecule has 2 aliphatic rings. The van der Waals surface area contributed by atoms with Crippen LogP contribution in [0.4, 0.5) is 0 Å². The Bertz CT molecular complexity index is 952. The zero-order chi connectivity index (χ0) is 18.3. The van der Waals surface area contributed by atoms with Crippen LogP contribution in [-0.2, 0) is 24.4 Å². The van der Waals surface area contributed by atoms with Crippen molar-refractivity contribution in [2.75, 3.05) is 13.1 Å². The molecule has 0 amide bonds. The van der Waals surface area contributed by atoms with E-state index in [9.17, 15) is 0 Å². The third-order valence-corrected chi connectivity index (χ3v) is 5.73. The molecular formula is C22H24N4O. The van der Waals surface area contributed by atoms with Crippen molar-refractivity contribution in [1.29, 1.82) is 0 Å². The van der Waals surface area contributed by atoms with Crippen molar-refractivity contribution in [3.05, 3.63) is 71.9 Å². The number of aromatic nitrogens is 3. The number of benzene rings is 1. The van der Waals surface area contributed by atoms with E-state index in [1.807, 2.05) is 24.7 Å². The van der Waals surface area contributed by atoms with Crippen LogP contribution >= 0.6 is 0 Å². The standard InChI is InChI=1S/C22H24N4O/c1-17-4-2-6-19(10-17)20-12-24-21-14-27-22(16-26(20)21)7-9-25(15-22)13-18-5-3-8-23-11-18/h2-6,8,10-12H,7,9,13-16H2,1H3/t22-/m1/s1. The molecule has 0 bridgehead atoms. The molecule has 0 saturated carbocycles. The van der Waals surface area contributed by atoms with Crippen LogP contribution in [0.2, 0.25) is 0 Å². The molecule has 1 spiro atoms. The molecule has 1 fully saturated rings. The largest absolute Gasteiger partial charge is 0.364 e. The number of hydrogen-bond donors (Lipinski definition) is 0. The highest BCUT2D eigenvalue weighted by atomic mass is 16.5. The zero-order valence-electron chi connectivity index (χ0n) is 15.6. The van der Waals surface area contributed by atoms with Gasteiger partial charge in [0.05, 0.1) is 18.4 Å². The van der Waals surface area contributed by atoms with Crippen molar-refractivity contribution in [2.45, 2.75) is 38.6 Å². The van der Waals surface area contributed by atoms with E-state index in [1.54, 1.807) is 0 Å². The van der Waals surface area contributed by atoms with Crippen molar-refractivity contribution in [2.24, 2.45) is 0 Å². The Labute approximate surface area is 159 Å². The normalized spacial score (nSPS) is 22.3. The molecule has 1 atom stereocenters. The summed E-state index contributed by atoms with van der Waals surface area (Å²) in [5.74, 6) is 1.03. The Kier molecular flexibility index (Phi) is 4.06. The SMILES string of the molecule is Cc1cccc(-c2cnc3n2C[C@]2(CCN(Cc4cccnc4)C2)OC3)c1. The van der Waals surface area contributed by atoms with Gasteiger partial charge in [0.2, 0.25) is 0 Å². The highest BCUT2D eigenvalue weighted by Crippen LogP contribution is 2.35. The first-order chi connectivity index (χ1) is 13.2. The van der Waals surface area contributed by atoms with Gasteiger partial charge in [-0.15, -0.1) is 0 Å². The summed E-state index contributed by atoms with van der Waals surface area (Å²) >= 11 is 0. The highest BCUT2D eigenvalue weighted by Gasteiger charge is 2.43. The predicted octanol–water partition coefficient (Wildman–Crippen LogP) is 3.43. The fourth-order valence-electron chi connectivity index (χ4n) is 4.35. The van der Waals surface area contributed by atoms with Crippen LogP contribution in [0.1, 0.15) is 23.4 Å². The van der Waals surface area contributed by atoms with Gasteiger partial charge in [-0.05, 0) is 31.0 Å². The Hall–Kier alpha value is -2.50. The number of fused-ring (bicyclic) bond motifs is 1. The lowest BCUT2D eigenvalue weighted by molar-refractivity contribution is -0.0821. The molecule has 0 aliphatic carbocycles. The molecule has 5 nitrogen and oxygen atoms in total. The van der Waals surface area contributed by atoms with Gasteiger partial charge in [-0.25, -0.2) is 4.98 Å². The Morgan fingerprint density at radius 2 is 2.11 bits per heavy atom. The topological polar surface area (TPSA) is 43.2 Å². The first kappa shape index (κ1) is 16.7. The molecular weight excluding hydrogens is 336 g/mol. The van der Waals surface area contributed by atoms with E-state index < -0.39 is 0 Å². The minimum atomic E-state index is -0.117. The lowest BCUT2D eigenvalue weighted by atomic mass is 10.0. The number of aryl methyl sites for hydroxylation is 1. The second kappa shape index (κ2) is 6.59. The van der Waals surface area contributed by atoms with E-state index in [2.05, 4.69) is 56.7 Å². The molecule has 0 unspecified atom stereocenters. The summed E-state index contributed by atoms with van der Waals surface area (Å²) < 4.78 is 8.72. The minimum absolute atomic E-state index is 0.117. The van der Waals surface area contributed by atoms with Gasteiger partial charge in [0, 0.05) is 37.6 Å². The minimum Gasteiger partial charge on any atom is -0.364 e. The number of imidazole rings is 1. The van der Waals surface area contributed by atoms with Crippen molar-refractivity contribution in [1.82, 2.24) is 19.4 Å². The highest BCUT2D eigenvalue weighted by molar-refractivity contribution is 5.60. The molecule has 2 aromatic heterocycles. The Morgan fingerprint density at radius 3 is 2.96 bits per heavy atom. The Morgan fingerprint density at radius 1 is 1.15 bits per heavy atom. The summed E-state index contributed by atoms with van der Waals surface area (Å²) in [6, 6.07) is 12.8. The van der Waals surface area contributed by atoms with Gasteiger partial charge < -0.3 is 9.30 Å². The molecule has 0 N–H and O–H groups in total. The second-order valence-corrected chi connectivity index (χ2v) is 7.81. The number of rotatable bonds is 3. The fourth-order valence-corrected chi connectivity index (χ4v) is 4.35. The molecule has 0 radical (unpaired) electrons. The van der Waals surface area contributed by atoms with E-state index in [-0.39, 0.29) is 5.60 Å². The summed E-state index contributed by atoms with van der Waals surface area (Å²) in [4.78, 5) is 11.3. The molecule has 27 heavy (non-hydrogen) atoms. The lowest BCUT2D eigenvalue weighted by Gasteiger charge is -2.35. The number of pyridine rings is 1. The summed E-state index contributed by atoms with van der Waals surface area (Å²) in [6.07, 6.45) is 6.83. The smallest absolute Gasteiger partial charge is 0.135 e. The van der Waals surface area contributed by atoms with Crippen LogP contribution in [0.15, 0.2) is 55.0 Å². The maximum Gasteiger partial charge on any atom is 0.135 e. The maximum absolute atomic E-state index is 6.35. The van der Waals surface area contributed by atoms with Crippen LogP contribution < -0.4 is 0 Å². The van der Waals surface area contributed by atoms with Gasteiger partial charge in [0.25, 0.3) is 0 Å². The predicted molar refractivity (Wildman–Crippen MR) is 104 cm³/mol. The average Bonchev–Trinajstić information content (AvgIpc) is 3.27. The quantitative estimate of drug-likeness (QED) is 0.718. The van der Waals surface area contributed by atoms with Crippen LogP contribution in [0.25, 0.3) is 11.3 Å². The van der Waals surface area contributed by atoms with Crippen molar-refractivity contribution in [3.63, 3.8) is 0 Å². The maximum atomic E-state index is 6.35.